The van der Waals surface area contributed by atoms with Crippen LogP contribution in [0.5, 0.6) is 0 Å². The highest BCUT2D eigenvalue weighted by Crippen LogP contribution is 2.33. The number of ether oxygens (including phenoxy) is 1. The van der Waals surface area contributed by atoms with E-state index in [2.05, 4.69) is 29.0 Å². The van der Waals surface area contributed by atoms with E-state index in [1.807, 2.05) is 39.1 Å². The van der Waals surface area contributed by atoms with Crippen LogP contribution in [0, 0.1) is 0 Å². The molecule has 1 amide bonds. The van der Waals surface area contributed by atoms with Gasteiger partial charge in [0.05, 0.1) is 0 Å². The molecular weight excluding hydrogens is 278 g/mol. The van der Waals surface area contributed by atoms with Gasteiger partial charge in [0.25, 0.3) is 0 Å². The molecule has 122 valence electrons. The van der Waals surface area contributed by atoms with Crippen LogP contribution in [0.1, 0.15) is 59.1 Å². The molecule has 1 N–H and O–H groups in total. The number of rotatable bonds is 3. The van der Waals surface area contributed by atoms with Crippen molar-refractivity contribution in [1.82, 2.24) is 9.88 Å². The van der Waals surface area contributed by atoms with Gasteiger partial charge in [-0.2, -0.15) is 0 Å². The molecule has 1 aromatic rings. The number of likely N-dealkylation sites (tertiary alicyclic amines) is 1. The second-order valence-electron chi connectivity index (χ2n) is 7.09. The fourth-order valence-electron chi connectivity index (χ4n) is 2.85. The first kappa shape index (κ1) is 16.7. The molecule has 0 radical (unpaired) electrons. The van der Waals surface area contributed by atoms with Crippen molar-refractivity contribution < 1.29 is 9.53 Å². The maximum Gasteiger partial charge on any atom is 0.413 e. The van der Waals surface area contributed by atoms with E-state index >= 15 is 0 Å². The average Bonchev–Trinajstić information content (AvgIpc) is 2.86. The van der Waals surface area contributed by atoms with E-state index in [9.17, 15) is 4.79 Å². The molecule has 5 nitrogen and oxygen atoms in total. The monoisotopic (exact) mass is 305 g/mol. The SMILES string of the molecule is CC(C)N1CCCC1c1ccc(NC(=O)OC(C)(C)C)nc1. The normalized spacial score (nSPS) is 19.5. The first-order valence-electron chi connectivity index (χ1n) is 7.98. The van der Waals surface area contributed by atoms with Crippen LogP contribution >= 0.6 is 0 Å². The Morgan fingerprint density at radius 2 is 2.14 bits per heavy atom. The highest BCUT2D eigenvalue weighted by Gasteiger charge is 2.28. The lowest BCUT2D eigenvalue weighted by Crippen LogP contribution is -2.30. The van der Waals surface area contributed by atoms with Gasteiger partial charge in [-0.05, 0) is 65.6 Å². The van der Waals surface area contributed by atoms with E-state index in [0.29, 0.717) is 17.9 Å². The number of pyridine rings is 1. The van der Waals surface area contributed by atoms with Gasteiger partial charge in [-0.3, -0.25) is 10.2 Å². The predicted octanol–water partition coefficient (Wildman–Crippen LogP) is 3.97. The molecule has 5 heteroatoms. The molecule has 1 aliphatic rings. The summed E-state index contributed by atoms with van der Waals surface area (Å²) in [5, 5.41) is 2.66. The molecule has 2 rings (SSSR count). The molecule has 0 bridgehead atoms. The summed E-state index contributed by atoms with van der Waals surface area (Å²) in [6.45, 7) is 11.1. The summed E-state index contributed by atoms with van der Waals surface area (Å²) in [6.07, 6.45) is 3.77. The Bertz CT molecular complexity index is 506. The van der Waals surface area contributed by atoms with Crippen molar-refractivity contribution in [2.45, 2.75) is 65.1 Å². The van der Waals surface area contributed by atoms with Crippen LogP contribution in [0.2, 0.25) is 0 Å². The number of carbonyl (C=O) groups excluding carboxylic acids is 1. The lowest BCUT2D eigenvalue weighted by atomic mass is 10.1. The fraction of sp³-hybridized carbons (Fsp3) is 0.647. The Morgan fingerprint density at radius 3 is 2.68 bits per heavy atom. The molecule has 0 saturated carbocycles. The van der Waals surface area contributed by atoms with Gasteiger partial charge in [-0.1, -0.05) is 6.07 Å². The molecule has 1 unspecified atom stereocenters. The van der Waals surface area contributed by atoms with Crippen molar-refractivity contribution in [1.29, 1.82) is 0 Å². The molecule has 1 aromatic heterocycles. The van der Waals surface area contributed by atoms with Crippen molar-refractivity contribution in [3.8, 4) is 0 Å². The van der Waals surface area contributed by atoms with Gasteiger partial charge in [-0.15, -0.1) is 0 Å². The Labute approximate surface area is 133 Å². The minimum atomic E-state index is -0.508. The first-order chi connectivity index (χ1) is 10.3. The van der Waals surface area contributed by atoms with Gasteiger partial charge in [-0.25, -0.2) is 9.78 Å². The molecule has 22 heavy (non-hydrogen) atoms. The molecule has 1 atom stereocenters. The Kier molecular flexibility index (Phi) is 5.06. The van der Waals surface area contributed by atoms with E-state index in [1.165, 1.54) is 18.4 Å². The smallest absolute Gasteiger partial charge is 0.413 e. The van der Waals surface area contributed by atoms with Crippen LogP contribution in [-0.4, -0.2) is 34.2 Å². The van der Waals surface area contributed by atoms with E-state index < -0.39 is 11.7 Å². The minimum absolute atomic E-state index is 0.433. The number of hydrogen-bond donors (Lipinski definition) is 1. The predicted molar refractivity (Wildman–Crippen MR) is 87.9 cm³/mol. The van der Waals surface area contributed by atoms with Crippen LogP contribution in [0.15, 0.2) is 18.3 Å². The van der Waals surface area contributed by atoms with E-state index in [4.69, 9.17) is 4.74 Å². The Balaban J connectivity index is 2.00. The van der Waals surface area contributed by atoms with E-state index in [0.717, 1.165) is 6.54 Å². The fourth-order valence-corrected chi connectivity index (χ4v) is 2.85. The van der Waals surface area contributed by atoms with Crippen LogP contribution in [0.4, 0.5) is 10.6 Å². The zero-order valence-corrected chi connectivity index (χ0v) is 14.2. The number of nitrogens with zero attached hydrogens (tertiary/aromatic N) is 2. The molecule has 0 spiro atoms. The molecule has 0 aromatic carbocycles. The number of hydrogen-bond acceptors (Lipinski definition) is 4. The quantitative estimate of drug-likeness (QED) is 0.918. The van der Waals surface area contributed by atoms with Crippen molar-refractivity contribution >= 4 is 11.9 Å². The van der Waals surface area contributed by atoms with Gasteiger partial charge in [0.15, 0.2) is 0 Å². The summed E-state index contributed by atoms with van der Waals surface area (Å²) in [4.78, 5) is 18.6. The summed E-state index contributed by atoms with van der Waals surface area (Å²) in [7, 11) is 0. The summed E-state index contributed by atoms with van der Waals surface area (Å²) in [6, 6.07) is 4.86. The highest BCUT2D eigenvalue weighted by molar-refractivity contribution is 5.83. The maximum atomic E-state index is 11.7. The lowest BCUT2D eigenvalue weighted by molar-refractivity contribution is 0.0635. The van der Waals surface area contributed by atoms with Crippen molar-refractivity contribution in [2.75, 3.05) is 11.9 Å². The number of nitrogens with one attached hydrogen (secondary N) is 1. The summed E-state index contributed by atoms with van der Waals surface area (Å²) in [5.74, 6) is 0.520. The van der Waals surface area contributed by atoms with Crippen molar-refractivity contribution in [3.05, 3.63) is 23.9 Å². The molecule has 1 fully saturated rings. The lowest BCUT2D eigenvalue weighted by Gasteiger charge is -2.28. The number of amides is 1. The molecule has 0 aliphatic carbocycles. The van der Waals surface area contributed by atoms with Crippen molar-refractivity contribution in [3.63, 3.8) is 0 Å². The highest BCUT2D eigenvalue weighted by atomic mass is 16.6. The average molecular weight is 305 g/mol. The second kappa shape index (κ2) is 6.65. The molecule has 1 saturated heterocycles. The third-order valence-corrected chi connectivity index (χ3v) is 3.76. The van der Waals surface area contributed by atoms with Crippen LogP contribution in [-0.2, 0) is 4.74 Å². The summed E-state index contributed by atoms with van der Waals surface area (Å²) >= 11 is 0. The van der Waals surface area contributed by atoms with Crippen molar-refractivity contribution in [2.24, 2.45) is 0 Å². The minimum Gasteiger partial charge on any atom is -0.444 e. The molecular formula is C17H27N3O2. The first-order valence-corrected chi connectivity index (χ1v) is 7.98. The van der Waals surface area contributed by atoms with Gasteiger partial charge >= 0.3 is 6.09 Å². The summed E-state index contributed by atoms with van der Waals surface area (Å²) < 4.78 is 5.22. The maximum absolute atomic E-state index is 11.7. The van der Waals surface area contributed by atoms with Gasteiger partial charge in [0.1, 0.15) is 11.4 Å². The standard InChI is InChI=1S/C17H27N3O2/c1-12(2)20-10-6-7-14(20)13-8-9-15(18-11-13)19-16(21)22-17(3,4)5/h8-9,11-12,14H,6-7,10H2,1-5H3,(H,18,19,21). The third kappa shape index (κ3) is 4.44. The Hall–Kier alpha value is -1.62. The Morgan fingerprint density at radius 1 is 1.41 bits per heavy atom. The molecule has 1 aliphatic heterocycles. The van der Waals surface area contributed by atoms with Gasteiger partial charge in [0.2, 0.25) is 0 Å². The molecule has 2 heterocycles. The third-order valence-electron chi connectivity index (χ3n) is 3.76. The number of anilines is 1. The van der Waals surface area contributed by atoms with E-state index in [1.54, 1.807) is 0 Å². The number of aromatic nitrogens is 1. The van der Waals surface area contributed by atoms with Crippen LogP contribution in [0.25, 0.3) is 0 Å². The van der Waals surface area contributed by atoms with Crippen LogP contribution < -0.4 is 5.32 Å². The zero-order valence-electron chi connectivity index (χ0n) is 14.2. The van der Waals surface area contributed by atoms with Gasteiger partial charge < -0.3 is 4.74 Å². The summed E-state index contributed by atoms with van der Waals surface area (Å²) in [5.41, 5.74) is 0.701. The van der Waals surface area contributed by atoms with E-state index in [-0.39, 0.29) is 0 Å². The van der Waals surface area contributed by atoms with Gasteiger partial charge in [0, 0.05) is 18.3 Å². The van der Waals surface area contributed by atoms with Crippen LogP contribution in [0.3, 0.4) is 0 Å². The number of carbonyl (C=O) groups is 1. The zero-order chi connectivity index (χ0) is 16.3. The largest absolute Gasteiger partial charge is 0.444 e. The second-order valence-corrected chi connectivity index (χ2v) is 7.09. The topological polar surface area (TPSA) is 54.5 Å².